The third-order valence-electron chi connectivity index (χ3n) is 4.18. The van der Waals surface area contributed by atoms with Gasteiger partial charge < -0.3 is 15.0 Å². The number of carbonyl (C=O) groups excluding carboxylic acids is 2. The molecule has 0 fully saturated rings. The van der Waals surface area contributed by atoms with Crippen LogP contribution in [0.2, 0.25) is 0 Å². The molecule has 2 heterocycles. The molecule has 0 saturated carbocycles. The normalized spacial score (nSPS) is 10.7. The van der Waals surface area contributed by atoms with Gasteiger partial charge in [0.15, 0.2) is 0 Å². The number of esters is 1. The van der Waals surface area contributed by atoms with Gasteiger partial charge in [-0.3, -0.25) is 4.79 Å². The molecule has 0 unspecified atom stereocenters. The molecule has 0 aliphatic heterocycles. The Hall–Kier alpha value is -3.00. The summed E-state index contributed by atoms with van der Waals surface area (Å²) in [5, 5.41) is 4.07. The lowest BCUT2D eigenvalue weighted by molar-refractivity contribution is -0.116. The zero-order valence-electron chi connectivity index (χ0n) is 15.6. The average molecular weight is 384 g/mol. The fourth-order valence-corrected chi connectivity index (χ4v) is 3.69. The van der Waals surface area contributed by atoms with Gasteiger partial charge in [-0.05, 0) is 43.7 Å². The zero-order valence-corrected chi connectivity index (χ0v) is 16.4. The van der Waals surface area contributed by atoms with E-state index in [0.29, 0.717) is 17.3 Å². The second-order valence-electron chi connectivity index (χ2n) is 5.93. The van der Waals surface area contributed by atoms with Crippen molar-refractivity contribution in [1.82, 2.24) is 9.97 Å². The van der Waals surface area contributed by atoms with Gasteiger partial charge in [0, 0.05) is 25.3 Å². The first-order chi connectivity index (χ1) is 12.9. The molecule has 140 valence electrons. The van der Waals surface area contributed by atoms with Crippen LogP contribution in [0, 0.1) is 6.92 Å². The molecule has 0 bridgehead atoms. The van der Waals surface area contributed by atoms with E-state index in [-0.39, 0.29) is 11.9 Å². The number of anilines is 3. The quantitative estimate of drug-likeness (QED) is 0.672. The number of aromatic nitrogens is 2. The number of benzene rings is 1. The van der Waals surface area contributed by atoms with Crippen molar-refractivity contribution >= 4 is 50.6 Å². The molecule has 7 nitrogen and oxygen atoms in total. The van der Waals surface area contributed by atoms with Crippen LogP contribution in [0.3, 0.4) is 0 Å². The standard InChI is InChI=1S/C19H20N4O3S/c1-5-26-19(25)16-11(2)15-17(20-10-21-18(15)27-16)22-13-6-8-14(9-7-13)23(4)12(3)24/h6-10H,5H2,1-4H3,(H,20,21,22). The highest BCUT2D eigenvalue weighted by Crippen LogP contribution is 2.35. The van der Waals surface area contributed by atoms with Gasteiger partial charge in [0.2, 0.25) is 5.91 Å². The Bertz CT molecular complexity index is 998. The number of hydrogen-bond donors (Lipinski definition) is 1. The van der Waals surface area contributed by atoms with E-state index < -0.39 is 0 Å². The first-order valence-electron chi connectivity index (χ1n) is 8.45. The van der Waals surface area contributed by atoms with E-state index in [9.17, 15) is 9.59 Å². The Kier molecular flexibility index (Phi) is 5.36. The Morgan fingerprint density at radius 2 is 1.93 bits per heavy atom. The van der Waals surface area contributed by atoms with Crippen LogP contribution in [0.25, 0.3) is 10.2 Å². The molecule has 0 aliphatic carbocycles. The number of ether oxygens (including phenoxy) is 1. The molecule has 2 aromatic heterocycles. The number of fused-ring (bicyclic) bond motifs is 1. The van der Waals surface area contributed by atoms with Crippen molar-refractivity contribution in [1.29, 1.82) is 0 Å². The molecule has 0 aliphatic rings. The van der Waals surface area contributed by atoms with E-state index in [1.165, 1.54) is 24.6 Å². The fraction of sp³-hybridized carbons (Fsp3) is 0.263. The topological polar surface area (TPSA) is 84.4 Å². The lowest BCUT2D eigenvalue weighted by Crippen LogP contribution is -2.22. The van der Waals surface area contributed by atoms with Crippen molar-refractivity contribution in [2.75, 3.05) is 23.9 Å². The number of amides is 1. The summed E-state index contributed by atoms with van der Waals surface area (Å²) in [4.78, 5) is 35.1. The van der Waals surface area contributed by atoms with Gasteiger partial charge in [-0.2, -0.15) is 0 Å². The van der Waals surface area contributed by atoms with Crippen molar-refractivity contribution in [3.05, 3.63) is 41.0 Å². The molecule has 3 rings (SSSR count). The van der Waals surface area contributed by atoms with Crippen LogP contribution >= 0.6 is 11.3 Å². The van der Waals surface area contributed by atoms with Crippen LogP contribution in [-0.2, 0) is 9.53 Å². The SMILES string of the molecule is CCOC(=O)c1sc2ncnc(Nc3ccc(N(C)C(C)=O)cc3)c2c1C. The highest BCUT2D eigenvalue weighted by Gasteiger charge is 2.20. The number of nitrogens with zero attached hydrogens (tertiary/aromatic N) is 3. The predicted octanol–water partition coefficient (Wildman–Crippen LogP) is 3.90. The van der Waals surface area contributed by atoms with Crippen LogP contribution in [0.4, 0.5) is 17.2 Å². The Morgan fingerprint density at radius 3 is 2.56 bits per heavy atom. The minimum atomic E-state index is -0.347. The lowest BCUT2D eigenvalue weighted by atomic mass is 10.2. The van der Waals surface area contributed by atoms with Crippen molar-refractivity contribution in [2.45, 2.75) is 20.8 Å². The maximum Gasteiger partial charge on any atom is 0.348 e. The molecule has 27 heavy (non-hydrogen) atoms. The predicted molar refractivity (Wildman–Crippen MR) is 107 cm³/mol. The van der Waals surface area contributed by atoms with Crippen molar-refractivity contribution in [3.63, 3.8) is 0 Å². The molecular weight excluding hydrogens is 364 g/mol. The van der Waals surface area contributed by atoms with Crippen LogP contribution in [0.15, 0.2) is 30.6 Å². The summed E-state index contributed by atoms with van der Waals surface area (Å²) in [6.07, 6.45) is 1.47. The number of hydrogen-bond acceptors (Lipinski definition) is 7. The number of thiophene rings is 1. The molecule has 0 radical (unpaired) electrons. The summed E-state index contributed by atoms with van der Waals surface area (Å²) >= 11 is 1.30. The Morgan fingerprint density at radius 1 is 1.22 bits per heavy atom. The molecular formula is C19H20N4O3S. The van der Waals surface area contributed by atoms with Crippen LogP contribution in [-0.4, -0.2) is 35.5 Å². The van der Waals surface area contributed by atoms with Gasteiger partial charge >= 0.3 is 5.97 Å². The van der Waals surface area contributed by atoms with E-state index in [1.807, 2.05) is 31.2 Å². The van der Waals surface area contributed by atoms with E-state index in [1.54, 1.807) is 18.9 Å². The summed E-state index contributed by atoms with van der Waals surface area (Å²) in [6, 6.07) is 7.45. The number of carbonyl (C=O) groups is 2. The van der Waals surface area contributed by atoms with Gasteiger partial charge in [-0.25, -0.2) is 14.8 Å². The van der Waals surface area contributed by atoms with Crippen LogP contribution < -0.4 is 10.2 Å². The summed E-state index contributed by atoms with van der Waals surface area (Å²) in [5.74, 6) is 0.242. The number of rotatable bonds is 5. The maximum absolute atomic E-state index is 12.1. The first kappa shape index (κ1) is 18.8. The van der Waals surface area contributed by atoms with E-state index >= 15 is 0 Å². The first-order valence-corrected chi connectivity index (χ1v) is 9.26. The van der Waals surface area contributed by atoms with Crippen molar-refractivity contribution < 1.29 is 14.3 Å². The van der Waals surface area contributed by atoms with Gasteiger partial charge in [-0.15, -0.1) is 11.3 Å². The van der Waals surface area contributed by atoms with Gasteiger partial charge in [0.1, 0.15) is 21.9 Å². The largest absolute Gasteiger partial charge is 0.462 e. The molecule has 3 aromatic rings. The van der Waals surface area contributed by atoms with Crippen LogP contribution in [0.1, 0.15) is 29.1 Å². The Labute approximate surface area is 161 Å². The van der Waals surface area contributed by atoms with Crippen LogP contribution in [0.5, 0.6) is 0 Å². The number of aryl methyl sites for hydroxylation is 1. The molecule has 0 spiro atoms. The number of nitrogens with one attached hydrogen (secondary N) is 1. The van der Waals surface area contributed by atoms with E-state index in [0.717, 1.165) is 27.2 Å². The van der Waals surface area contributed by atoms with Gasteiger partial charge in [0.05, 0.1) is 12.0 Å². The lowest BCUT2D eigenvalue weighted by Gasteiger charge is -2.15. The summed E-state index contributed by atoms with van der Waals surface area (Å²) < 4.78 is 5.12. The molecule has 0 saturated heterocycles. The highest BCUT2D eigenvalue weighted by atomic mass is 32.1. The second-order valence-corrected chi connectivity index (χ2v) is 6.93. The summed E-state index contributed by atoms with van der Waals surface area (Å²) in [5.41, 5.74) is 2.42. The van der Waals surface area contributed by atoms with E-state index in [2.05, 4.69) is 15.3 Å². The average Bonchev–Trinajstić information content (AvgIpc) is 3.00. The molecule has 1 aromatic carbocycles. The maximum atomic E-state index is 12.1. The van der Waals surface area contributed by atoms with Gasteiger partial charge in [0.25, 0.3) is 0 Å². The fourth-order valence-electron chi connectivity index (χ4n) is 2.64. The zero-order chi connectivity index (χ0) is 19.6. The third kappa shape index (κ3) is 3.75. The van der Waals surface area contributed by atoms with Gasteiger partial charge in [-0.1, -0.05) is 0 Å². The Balaban J connectivity index is 1.93. The second kappa shape index (κ2) is 7.71. The summed E-state index contributed by atoms with van der Waals surface area (Å²) in [7, 11) is 1.73. The van der Waals surface area contributed by atoms with Crippen molar-refractivity contribution in [3.8, 4) is 0 Å². The smallest absolute Gasteiger partial charge is 0.348 e. The summed E-state index contributed by atoms with van der Waals surface area (Å²) in [6.45, 7) is 5.49. The monoisotopic (exact) mass is 384 g/mol. The van der Waals surface area contributed by atoms with Crippen molar-refractivity contribution in [2.24, 2.45) is 0 Å². The third-order valence-corrected chi connectivity index (χ3v) is 5.36. The minimum Gasteiger partial charge on any atom is -0.462 e. The minimum absolute atomic E-state index is 0.0337. The van der Waals surface area contributed by atoms with E-state index in [4.69, 9.17) is 4.74 Å². The molecule has 0 atom stereocenters. The molecule has 1 amide bonds. The highest BCUT2D eigenvalue weighted by molar-refractivity contribution is 7.20. The molecule has 8 heteroatoms. The molecule has 1 N–H and O–H groups in total.